The number of hydrogen-bond acceptors (Lipinski definition) is 4. The summed E-state index contributed by atoms with van der Waals surface area (Å²) in [6, 6.07) is 7.55. The van der Waals surface area contributed by atoms with Crippen LogP contribution in [0.2, 0.25) is 0 Å². The molecule has 4 N–H and O–H groups in total. The molecule has 0 atom stereocenters. The van der Waals surface area contributed by atoms with Crippen LogP contribution < -0.4 is 21.1 Å². The third-order valence-electron chi connectivity index (χ3n) is 4.46. The summed E-state index contributed by atoms with van der Waals surface area (Å²) in [5, 5.41) is 5.61. The van der Waals surface area contributed by atoms with Gasteiger partial charge in [0, 0.05) is 13.1 Å². The zero-order valence-electron chi connectivity index (χ0n) is 14.2. The van der Waals surface area contributed by atoms with Crippen molar-refractivity contribution in [3.05, 3.63) is 29.8 Å². The highest BCUT2D eigenvalue weighted by molar-refractivity contribution is 5.79. The number of hydrogen-bond donors (Lipinski definition) is 3. The van der Waals surface area contributed by atoms with E-state index in [4.69, 9.17) is 10.5 Å². The zero-order chi connectivity index (χ0) is 17.4. The van der Waals surface area contributed by atoms with Gasteiger partial charge < -0.3 is 21.1 Å². The molecule has 1 aliphatic rings. The number of carbonyl (C=O) groups excluding carboxylic acids is 2. The Kier molecular flexibility index (Phi) is 7.06. The highest BCUT2D eigenvalue weighted by Crippen LogP contribution is 2.23. The second kappa shape index (κ2) is 9.27. The molecule has 132 valence electrons. The molecule has 0 aromatic heterocycles. The monoisotopic (exact) mass is 333 g/mol. The van der Waals surface area contributed by atoms with Gasteiger partial charge in [0.25, 0.3) is 5.91 Å². The van der Waals surface area contributed by atoms with Gasteiger partial charge in [-0.2, -0.15) is 0 Å². The molecule has 0 unspecified atom stereocenters. The molecule has 2 rings (SSSR count). The summed E-state index contributed by atoms with van der Waals surface area (Å²) in [5.74, 6) is 1.03. The van der Waals surface area contributed by atoms with Crippen LogP contribution in [0.4, 0.5) is 0 Å². The molecule has 1 aliphatic carbocycles. The molecule has 0 bridgehead atoms. The number of nitrogens with two attached hydrogens (primary N) is 1. The molecule has 1 aromatic rings. The van der Waals surface area contributed by atoms with Crippen LogP contribution in [-0.4, -0.2) is 38.1 Å². The first-order valence-electron chi connectivity index (χ1n) is 8.52. The molecule has 0 radical (unpaired) electrons. The van der Waals surface area contributed by atoms with E-state index in [1.54, 1.807) is 19.2 Å². The summed E-state index contributed by atoms with van der Waals surface area (Å²) in [6.07, 6.45) is 4.49. The SMILES string of the molecule is CNC(=O)COc1cccc(CC(=O)NC2CCC(CN)CC2)c1. The van der Waals surface area contributed by atoms with Gasteiger partial charge >= 0.3 is 0 Å². The zero-order valence-corrected chi connectivity index (χ0v) is 14.2. The first kappa shape index (κ1) is 18.3. The summed E-state index contributed by atoms with van der Waals surface area (Å²) < 4.78 is 5.40. The van der Waals surface area contributed by atoms with Crippen LogP contribution >= 0.6 is 0 Å². The van der Waals surface area contributed by atoms with Crippen LogP contribution in [0.25, 0.3) is 0 Å². The van der Waals surface area contributed by atoms with Crippen molar-refractivity contribution < 1.29 is 14.3 Å². The quantitative estimate of drug-likeness (QED) is 0.693. The van der Waals surface area contributed by atoms with E-state index in [1.165, 1.54) is 0 Å². The highest BCUT2D eigenvalue weighted by atomic mass is 16.5. The van der Waals surface area contributed by atoms with Crippen LogP contribution in [-0.2, 0) is 16.0 Å². The minimum atomic E-state index is -0.189. The Labute approximate surface area is 143 Å². The van der Waals surface area contributed by atoms with Crippen molar-refractivity contribution in [3.63, 3.8) is 0 Å². The normalized spacial score (nSPS) is 20.2. The van der Waals surface area contributed by atoms with Crippen LogP contribution in [0.5, 0.6) is 5.75 Å². The van der Waals surface area contributed by atoms with E-state index in [2.05, 4.69) is 10.6 Å². The average molecular weight is 333 g/mol. The molecule has 6 nitrogen and oxygen atoms in total. The molecule has 0 saturated heterocycles. The van der Waals surface area contributed by atoms with E-state index in [0.29, 0.717) is 18.1 Å². The predicted molar refractivity (Wildman–Crippen MR) is 92.7 cm³/mol. The summed E-state index contributed by atoms with van der Waals surface area (Å²) in [7, 11) is 1.56. The summed E-state index contributed by atoms with van der Waals surface area (Å²) in [4.78, 5) is 23.4. The lowest BCUT2D eigenvalue weighted by Gasteiger charge is -2.28. The van der Waals surface area contributed by atoms with E-state index in [0.717, 1.165) is 37.8 Å². The largest absolute Gasteiger partial charge is 0.484 e. The first-order chi connectivity index (χ1) is 11.6. The van der Waals surface area contributed by atoms with Crippen molar-refractivity contribution in [1.29, 1.82) is 0 Å². The van der Waals surface area contributed by atoms with Crippen LogP contribution in [0.3, 0.4) is 0 Å². The van der Waals surface area contributed by atoms with Crippen LogP contribution in [0, 0.1) is 5.92 Å². The maximum atomic E-state index is 12.2. The summed E-state index contributed by atoms with van der Waals surface area (Å²) >= 11 is 0. The molecule has 0 heterocycles. The van der Waals surface area contributed by atoms with Crippen molar-refractivity contribution in [1.82, 2.24) is 10.6 Å². The van der Waals surface area contributed by atoms with Gasteiger partial charge in [-0.25, -0.2) is 0 Å². The van der Waals surface area contributed by atoms with E-state index in [1.807, 2.05) is 12.1 Å². The lowest BCUT2D eigenvalue weighted by atomic mass is 9.86. The van der Waals surface area contributed by atoms with E-state index >= 15 is 0 Å². The van der Waals surface area contributed by atoms with E-state index in [9.17, 15) is 9.59 Å². The molecular weight excluding hydrogens is 306 g/mol. The van der Waals surface area contributed by atoms with Crippen LogP contribution in [0.15, 0.2) is 24.3 Å². The maximum Gasteiger partial charge on any atom is 0.257 e. The lowest BCUT2D eigenvalue weighted by Crippen LogP contribution is -2.39. The second-order valence-electron chi connectivity index (χ2n) is 6.31. The third-order valence-corrected chi connectivity index (χ3v) is 4.46. The number of carbonyl (C=O) groups is 2. The Balaban J connectivity index is 1.80. The fourth-order valence-electron chi connectivity index (χ4n) is 2.97. The number of likely N-dealkylation sites (N-methyl/N-ethyl adjacent to an activating group) is 1. The van der Waals surface area contributed by atoms with Crippen molar-refractivity contribution >= 4 is 11.8 Å². The molecule has 0 aliphatic heterocycles. The third kappa shape index (κ3) is 5.85. The molecular formula is C18H27N3O3. The Bertz CT molecular complexity index is 554. The van der Waals surface area contributed by atoms with Crippen molar-refractivity contribution in [3.8, 4) is 5.75 Å². The van der Waals surface area contributed by atoms with Crippen molar-refractivity contribution in [2.45, 2.75) is 38.1 Å². The topological polar surface area (TPSA) is 93.4 Å². The van der Waals surface area contributed by atoms with Gasteiger partial charge in [-0.05, 0) is 55.8 Å². The second-order valence-corrected chi connectivity index (χ2v) is 6.31. The number of ether oxygens (including phenoxy) is 1. The minimum Gasteiger partial charge on any atom is -0.484 e. The van der Waals surface area contributed by atoms with Crippen LogP contribution in [0.1, 0.15) is 31.2 Å². The Morgan fingerprint density at radius 2 is 1.96 bits per heavy atom. The van der Waals surface area contributed by atoms with Gasteiger partial charge in [0.2, 0.25) is 5.91 Å². The van der Waals surface area contributed by atoms with Gasteiger partial charge in [0.05, 0.1) is 6.42 Å². The maximum absolute atomic E-state index is 12.2. The van der Waals surface area contributed by atoms with Gasteiger partial charge in [0.15, 0.2) is 6.61 Å². The van der Waals surface area contributed by atoms with Crippen molar-refractivity contribution in [2.24, 2.45) is 11.7 Å². The molecule has 1 aromatic carbocycles. The number of rotatable bonds is 7. The standard InChI is InChI=1S/C18H27N3O3/c1-20-18(23)12-24-16-4-2-3-14(9-16)10-17(22)21-15-7-5-13(11-19)6-8-15/h2-4,9,13,15H,5-8,10-12,19H2,1H3,(H,20,23)(H,21,22). The Morgan fingerprint density at radius 1 is 1.21 bits per heavy atom. The molecule has 1 saturated carbocycles. The van der Waals surface area contributed by atoms with Gasteiger partial charge in [-0.15, -0.1) is 0 Å². The van der Waals surface area contributed by atoms with Gasteiger partial charge in [-0.3, -0.25) is 9.59 Å². The number of benzene rings is 1. The first-order valence-corrected chi connectivity index (χ1v) is 8.52. The average Bonchev–Trinajstić information content (AvgIpc) is 2.60. The van der Waals surface area contributed by atoms with Gasteiger partial charge in [-0.1, -0.05) is 12.1 Å². The predicted octanol–water partition coefficient (Wildman–Crippen LogP) is 0.988. The molecule has 1 fully saturated rings. The fraction of sp³-hybridized carbons (Fsp3) is 0.556. The number of nitrogens with one attached hydrogen (secondary N) is 2. The summed E-state index contributed by atoms with van der Waals surface area (Å²) in [5.41, 5.74) is 6.57. The van der Waals surface area contributed by atoms with E-state index < -0.39 is 0 Å². The van der Waals surface area contributed by atoms with Gasteiger partial charge in [0.1, 0.15) is 5.75 Å². The highest BCUT2D eigenvalue weighted by Gasteiger charge is 2.21. The molecule has 24 heavy (non-hydrogen) atoms. The Hall–Kier alpha value is -2.08. The molecule has 0 spiro atoms. The molecule has 6 heteroatoms. The fourth-order valence-corrected chi connectivity index (χ4v) is 2.97. The van der Waals surface area contributed by atoms with E-state index in [-0.39, 0.29) is 24.5 Å². The Morgan fingerprint density at radius 3 is 2.62 bits per heavy atom. The smallest absolute Gasteiger partial charge is 0.257 e. The summed E-state index contributed by atoms with van der Waals surface area (Å²) in [6.45, 7) is 0.708. The minimum absolute atomic E-state index is 0.0228. The number of amides is 2. The lowest BCUT2D eigenvalue weighted by molar-refractivity contribution is -0.123. The molecule has 2 amide bonds. The van der Waals surface area contributed by atoms with Crippen molar-refractivity contribution in [2.75, 3.05) is 20.2 Å².